The highest BCUT2D eigenvalue weighted by atomic mass is 16.6. The van der Waals surface area contributed by atoms with Crippen LogP contribution < -0.4 is 14.2 Å². The second-order valence-electron chi connectivity index (χ2n) is 7.12. The summed E-state index contributed by atoms with van der Waals surface area (Å²) >= 11 is 0. The highest BCUT2D eigenvalue weighted by Gasteiger charge is 2.52. The molecule has 0 radical (unpaired) electrons. The molecule has 0 bridgehead atoms. The van der Waals surface area contributed by atoms with E-state index in [1.165, 1.54) is 19.8 Å². The van der Waals surface area contributed by atoms with E-state index in [9.17, 15) is 4.79 Å². The molecular formula is C20H25NO6. The average Bonchev–Trinajstić information content (AvgIpc) is 3.05. The third-order valence-corrected chi connectivity index (χ3v) is 5.94. The smallest absolute Gasteiger partial charge is 0.342 e. The van der Waals surface area contributed by atoms with Crippen LogP contribution in [0.2, 0.25) is 0 Å². The Morgan fingerprint density at radius 1 is 1.11 bits per heavy atom. The molecule has 2 aliphatic heterocycles. The summed E-state index contributed by atoms with van der Waals surface area (Å²) in [5.74, 6) is 0.782. The first kappa shape index (κ1) is 18.1. The first-order chi connectivity index (χ1) is 13.0. The van der Waals surface area contributed by atoms with E-state index in [0.717, 1.165) is 18.5 Å². The van der Waals surface area contributed by atoms with E-state index in [2.05, 4.69) is 18.0 Å². The number of methoxy groups -OCH3 is 4. The molecule has 4 atom stereocenters. The van der Waals surface area contributed by atoms with E-state index in [4.69, 9.17) is 23.7 Å². The molecular weight excluding hydrogens is 350 g/mol. The van der Waals surface area contributed by atoms with Crippen molar-refractivity contribution in [3.8, 4) is 17.2 Å². The van der Waals surface area contributed by atoms with E-state index in [0.29, 0.717) is 22.8 Å². The number of likely N-dealkylation sites (tertiary alicyclic amines) is 1. The van der Waals surface area contributed by atoms with E-state index >= 15 is 0 Å². The van der Waals surface area contributed by atoms with Gasteiger partial charge in [0.05, 0.1) is 21.3 Å². The average molecular weight is 375 g/mol. The summed E-state index contributed by atoms with van der Waals surface area (Å²) in [5.41, 5.74) is 2.59. The summed E-state index contributed by atoms with van der Waals surface area (Å²) < 4.78 is 28.1. The van der Waals surface area contributed by atoms with Crippen LogP contribution in [-0.2, 0) is 9.47 Å². The molecule has 7 heteroatoms. The lowest BCUT2D eigenvalue weighted by molar-refractivity contribution is -0.0471. The number of rotatable bonds is 4. The molecule has 1 aliphatic carbocycles. The lowest BCUT2D eigenvalue weighted by Gasteiger charge is -2.44. The second kappa shape index (κ2) is 6.73. The molecule has 1 fully saturated rings. The number of likely N-dealkylation sites (N-methyl/N-ethyl adjacent to an activating group) is 1. The van der Waals surface area contributed by atoms with Crippen LogP contribution in [0.1, 0.15) is 28.3 Å². The van der Waals surface area contributed by atoms with Crippen molar-refractivity contribution >= 4 is 5.97 Å². The first-order valence-electron chi connectivity index (χ1n) is 9.03. The molecule has 1 saturated heterocycles. The van der Waals surface area contributed by atoms with Crippen LogP contribution in [-0.4, -0.2) is 71.2 Å². The third kappa shape index (κ3) is 2.52. The van der Waals surface area contributed by atoms with Gasteiger partial charge in [0.1, 0.15) is 17.8 Å². The Balaban J connectivity index is 1.96. The molecule has 2 heterocycles. The number of benzene rings is 1. The van der Waals surface area contributed by atoms with Gasteiger partial charge in [0, 0.05) is 25.6 Å². The molecule has 3 aliphatic rings. The van der Waals surface area contributed by atoms with Crippen LogP contribution in [0, 0.1) is 0 Å². The highest BCUT2D eigenvalue weighted by Crippen LogP contribution is 2.52. The van der Waals surface area contributed by atoms with Gasteiger partial charge in [-0.3, -0.25) is 4.90 Å². The van der Waals surface area contributed by atoms with Crippen molar-refractivity contribution in [1.29, 1.82) is 0 Å². The minimum atomic E-state index is -0.427. The molecule has 4 rings (SSSR count). The quantitative estimate of drug-likeness (QED) is 0.589. The fourth-order valence-corrected chi connectivity index (χ4v) is 4.77. The van der Waals surface area contributed by atoms with Gasteiger partial charge in [0.15, 0.2) is 11.5 Å². The zero-order valence-corrected chi connectivity index (χ0v) is 16.3. The molecule has 1 aromatic carbocycles. The van der Waals surface area contributed by atoms with Crippen LogP contribution in [0.3, 0.4) is 0 Å². The number of nitrogens with zero attached hydrogens (tertiary/aromatic N) is 1. The summed E-state index contributed by atoms with van der Waals surface area (Å²) in [4.78, 5) is 15.2. The third-order valence-electron chi connectivity index (χ3n) is 5.94. The maximum absolute atomic E-state index is 12.9. The predicted molar refractivity (Wildman–Crippen MR) is 98.0 cm³/mol. The first-order valence-corrected chi connectivity index (χ1v) is 9.03. The Morgan fingerprint density at radius 3 is 2.48 bits per heavy atom. The normalized spacial score (nSPS) is 29.2. The SMILES string of the molecule is COc1cc2c(c(OC)c1OC)C(=O)OC1C(OC)C=C3CCN(C)C3C21. The number of carbonyl (C=O) groups is 1. The molecule has 4 unspecified atom stereocenters. The Hall–Kier alpha value is -2.25. The van der Waals surface area contributed by atoms with Gasteiger partial charge in [-0.15, -0.1) is 0 Å². The van der Waals surface area contributed by atoms with Crippen LogP contribution in [0.4, 0.5) is 0 Å². The minimum Gasteiger partial charge on any atom is -0.493 e. The summed E-state index contributed by atoms with van der Waals surface area (Å²) in [6.45, 7) is 0.962. The van der Waals surface area contributed by atoms with Crippen LogP contribution >= 0.6 is 0 Å². The predicted octanol–water partition coefficient (Wildman–Crippen LogP) is 1.99. The summed E-state index contributed by atoms with van der Waals surface area (Å²) in [6, 6.07) is 2.03. The fraction of sp³-hybridized carbons (Fsp3) is 0.550. The lowest BCUT2D eigenvalue weighted by Crippen LogP contribution is -2.51. The summed E-state index contributed by atoms with van der Waals surface area (Å²) in [6.07, 6.45) is 2.43. The van der Waals surface area contributed by atoms with Crippen LogP contribution in [0.5, 0.6) is 17.2 Å². The molecule has 0 saturated carbocycles. The van der Waals surface area contributed by atoms with Gasteiger partial charge in [-0.2, -0.15) is 0 Å². The van der Waals surface area contributed by atoms with Crippen molar-refractivity contribution in [3.63, 3.8) is 0 Å². The van der Waals surface area contributed by atoms with Crippen LogP contribution in [0.15, 0.2) is 17.7 Å². The zero-order chi connectivity index (χ0) is 19.3. The lowest BCUT2D eigenvalue weighted by atomic mass is 9.73. The van der Waals surface area contributed by atoms with Crippen molar-refractivity contribution in [1.82, 2.24) is 4.90 Å². The monoisotopic (exact) mass is 375 g/mol. The Bertz CT molecular complexity index is 804. The van der Waals surface area contributed by atoms with Gasteiger partial charge in [0.2, 0.25) is 5.75 Å². The maximum Gasteiger partial charge on any atom is 0.342 e. The molecule has 0 N–H and O–H groups in total. The molecule has 27 heavy (non-hydrogen) atoms. The van der Waals surface area contributed by atoms with Gasteiger partial charge in [-0.25, -0.2) is 4.79 Å². The molecule has 146 valence electrons. The number of carbonyl (C=O) groups excluding carboxylic acids is 1. The van der Waals surface area contributed by atoms with Crippen molar-refractivity contribution in [2.45, 2.75) is 30.6 Å². The number of fused-ring (bicyclic) bond motifs is 5. The van der Waals surface area contributed by atoms with Crippen molar-refractivity contribution in [2.75, 3.05) is 42.0 Å². The Kier molecular flexibility index (Phi) is 4.52. The fourth-order valence-electron chi connectivity index (χ4n) is 4.77. The van der Waals surface area contributed by atoms with E-state index in [-0.39, 0.29) is 18.1 Å². The standard InChI is InChI=1S/C20H25NO6/c1-21-7-6-10-8-12(23-2)17-14(16(10)21)11-9-13(24-3)18(25-4)19(26-5)15(11)20(22)27-17/h8-9,12,14,16-17H,6-7H2,1-5H3. The van der Waals surface area contributed by atoms with Gasteiger partial charge >= 0.3 is 5.97 Å². The second-order valence-corrected chi connectivity index (χ2v) is 7.12. The Morgan fingerprint density at radius 2 is 1.85 bits per heavy atom. The van der Waals surface area contributed by atoms with Gasteiger partial charge < -0.3 is 23.7 Å². The highest BCUT2D eigenvalue weighted by molar-refractivity contribution is 5.97. The van der Waals surface area contributed by atoms with E-state index < -0.39 is 12.1 Å². The van der Waals surface area contributed by atoms with Gasteiger partial charge in [-0.1, -0.05) is 11.6 Å². The minimum absolute atomic E-state index is 0.0659. The van der Waals surface area contributed by atoms with Gasteiger partial charge in [0.25, 0.3) is 0 Å². The maximum atomic E-state index is 12.9. The summed E-state index contributed by atoms with van der Waals surface area (Å²) in [7, 11) is 8.37. The molecule has 0 aromatic heterocycles. The molecule has 0 amide bonds. The topological polar surface area (TPSA) is 66.5 Å². The van der Waals surface area contributed by atoms with E-state index in [1.54, 1.807) is 14.2 Å². The summed E-state index contributed by atoms with van der Waals surface area (Å²) in [5, 5.41) is 0. The van der Waals surface area contributed by atoms with E-state index in [1.807, 2.05) is 6.07 Å². The Labute approximate surface area is 158 Å². The molecule has 1 aromatic rings. The molecule has 0 spiro atoms. The van der Waals surface area contributed by atoms with Crippen LogP contribution in [0.25, 0.3) is 0 Å². The number of esters is 1. The van der Waals surface area contributed by atoms with Crippen molar-refractivity contribution in [3.05, 3.63) is 28.8 Å². The molecule has 7 nitrogen and oxygen atoms in total. The zero-order valence-electron chi connectivity index (χ0n) is 16.3. The van der Waals surface area contributed by atoms with Crippen molar-refractivity contribution < 1.29 is 28.5 Å². The van der Waals surface area contributed by atoms with Gasteiger partial charge in [-0.05, 0) is 25.1 Å². The number of hydrogen-bond donors (Lipinski definition) is 0. The van der Waals surface area contributed by atoms with Crippen molar-refractivity contribution in [2.24, 2.45) is 0 Å². The number of hydrogen-bond acceptors (Lipinski definition) is 7. The largest absolute Gasteiger partial charge is 0.493 e. The number of ether oxygens (including phenoxy) is 5.